The molecule has 0 aliphatic rings. The van der Waals surface area contributed by atoms with Crippen molar-refractivity contribution in [1.29, 1.82) is 0 Å². The standard InChI is InChI=1S/C29H43NO3/c1-3-5-7-9-11-12-15-21-25-23-30-27(29(31)32)26(24-19-16-14-17-20-24)28(25)33-22-18-13-10-8-6-4-2/h14,16-17,19-20,23H,3-13,15,18,21-22H2,1-2H3,(H,31,32). The van der Waals surface area contributed by atoms with Crippen molar-refractivity contribution < 1.29 is 14.6 Å². The molecule has 2 aromatic rings. The van der Waals surface area contributed by atoms with Crippen LogP contribution in [0.3, 0.4) is 0 Å². The molecule has 0 radical (unpaired) electrons. The second-order valence-corrected chi connectivity index (χ2v) is 8.99. The number of pyridine rings is 1. The van der Waals surface area contributed by atoms with Gasteiger partial charge in [-0.2, -0.15) is 0 Å². The normalized spacial score (nSPS) is 11.0. The van der Waals surface area contributed by atoms with Crippen LogP contribution in [0.5, 0.6) is 5.75 Å². The fraction of sp³-hybridized carbons (Fsp3) is 0.586. The first-order chi connectivity index (χ1) is 16.2. The molecular weight excluding hydrogens is 410 g/mol. The molecule has 0 saturated heterocycles. The van der Waals surface area contributed by atoms with E-state index in [9.17, 15) is 9.90 Å². The second kappa shape index (κ2) is 16.3. The lowest BCUT2D eigenvalue weighted by Crippen LogP contribution is -2.10. The molecule has 0 bridgehead atoms. The van der Waals surface area contributed by atoms with Crippen molar-refractivity contribution in [3.05, 3.63) is 47.8 Å². The summed E-state index contributed by atoms with van der Waals surface area (Å²) < 4.78 is 6.33. The van der Waals surface area contributed by atoms with Gasteiger partial charge in [0.25, 0.3) is 0 Å². The number of unbranched alkanes of at least 4 members (excludes halogenated alkanes) is 11. The van der Waals surface area contributed by atoms with E-state index in [1.165, 1.54) is 64.2 Å². The summed E-state index contributed by atoms with van der Waals surface area (Å²) in [6.45, 7) is 5.08. The number of rotatable bonds is 18. The van der Waals surface area contributed by atoms with Gasteiger partial charge in [-0.15, -0.1) is 0 Å². The van der Waals surface area contributed by atoms with E-state index < -0.39 is 5.97 Å². The van der Waals surface area contributed by atoms with Crippen LogP contribution in [-0.2, 0) is 6.42 Å². The first-order valence-electron chi connectivity index (χ1n) is 13.1. The summed E-state index contributed by atoms with van der Waals surface area (Å²) in [6.07, 6.45) is 18.4. The predicted molar refractivity (Wildman–Crippen MR) is 137 cm³/mol. The van der Waals surface area contributed by atoms with Crippen LogP contribution in [0.4, 0.5) is 0 Å². The zero-order valence-electron chi connectivity index (χ0n) is 20.8. The molecule has 1 aromatic heterocycles. The highest BCUT2D eigenvalue weighted by Crippen LogP contribution is 2.36. The Morgan fingerprint density at radius 2 is 1.39 bits per heavy atom. The first-order valence-corrected chi connectivity index (χ1v) is 13.1. The highest BCUT2D eigenvalue weighted by atomic mass is 16.5. The smallest absolute Gasteiger partial charge is 0.355 e. The van der Waals surface area contributed by atoms with E-state index in [2.05, 4.69) is 18.8 Å². The van der Waals surface area contributed by atoms with E-state index in [1.54, 1.807) is 6.20 Å². The van der Waals surface area contributed by atoms with E-state index >= 15 is 0 Å². The fourth-order valence-electron chi connectivity index (χ4n) is 4.24. The zero-order valence-corrected chi connectivity index (χ0v) is 20.8. The van der Waals surface area contributed by atoms with Crippen LogP contribution in [0.2, 0.25) is 0 Å². The van der Waals surface area contributed by atoms with Gasteiger partial charge in [0.2, 0.25) is 0 Å². The van der Waals surface area contributed by atoms with E-state index in [0.29, 0.717) is 17.9 Å². The molecule has 4 heteroatoms. The molecule has 4 nitrogen and oxygen atoms in total. The lowest BCUT2D eigenvalue weighted by Gasteiger charge is -2.18. The van der Waals surface area contributed by atoms with Gasteiger partial charge in [0.1, 0.15) is 5.75 Å². The third-order valence-electron chi connectivity index (χ3n) is 6.16. The highest BCUT2D eigenvalue weighted by molar-refractivity contribution is 5.96. The van der Waals surface area contributed by atoms with Crippen LogP contribution >= 0.6 is 0 Å². The van der Waals surface area contributed by atoms with Gasteiger partial charge < -0.3 is 9.84 Å². The number of nitrogens with zero attached hydrogens (tertiary/aromatic N) is 1. The number of hydrogen-bond acceptors (Lipinski definition) is 3. The van der Waals surface area contributed by atoms with Crippen LogP contribution in [0, 0.1) is 0 Å². The number of aromatic nitrogens is 1. The van der Waals surface area contributed by atoms with Gasteiger partial charge in [-0.05, 0) is 24.8 Å². The summed E-state index contributed by atoms with van der Waals surface area (Å²) in [7, 11) is 0. The molecule has 33 heavy (non-hydrogen) atoms. The number of hydrogen-bond donors (Lipinski definition) is 1. The number of carbonyl (C=O) groups is 1. The minimum Gasteiger partial charge on any atom is -0.493 e. The van der Waals surface area contributed by atoms with E-state index in [1.807, 2.05) is 30.3 Å². The zero-order chi connectivity index (χ0) is 23.7. The molecule has 0 unspecified atom stereocenters. The van der Waals surface area contributed by atoms with Crippen molar-refractivity contribution in [2.75, 3.05) is 6.61 Å². The summed E-state index contributed by atoms with van der Waals surface area (Å²) in [5.41, 5.74) is 2.57. The molecule has 1 aromatic carbocycles. The van der Waals surface area contributed by atoms with Crippen molar-refractivity contribution >= 4 is 5.97 Å². The molecule has 0 fully saturated rings. The van der Waals surface area contributed by atoms with Crippen LogP contribution in [-0.4, -0.2) is 22.7 Å². The lowest BCUT2D eigenvalue weighted by molar-refractivity contribution is 0.0691. The Bertz CT molecular complexity index is 804. The number of benzene rings is 1. The van der Waals surface area contributed by atoms with Crippen LogP contribution in [0.15, 0.2) is 36.5 Å². The molecule has 0 spiro atoms. The summed E-state index contributed by atoms with van der Waals surface area (Å²) in [6, 6.07) is 9.69. The molecule has 0 aliphatic carbocycles. The summed E-state index contributed by atoms with van der Waals surface area (Å²) in [5.74, 6) is -0.297. The third kappa shape index (κ3) is 9.57. The van der Waals surface area contributed by atoms with Crippen LogP contribution < -0.4 is 4.74 Å². The van der Waals surface area contributed by atoms with E-state index in [-0.39, 0.29) is 5.69 Å². The van der Waals surface area contributed by atoms with Gasteiger partial charge in [0, 0.05) is 11.8 Å². The van der Waals surface area contributed by atoms with Crippen molar-refractivity contribution in [2.24, 2.45) is 0 Å². The fourth-order valence-corrected chi connectivity index (χ4v) is 4.24. The Balaban J connectivity index is 2.15. The average molecular weight is 454 g/mol. The SMILES string of the molecule is CCCCCCCCCc1cnc(C(=O)O)c(-c2ccccc2)c1OCCCCCCCC. The van der Waals surface area contributed by atoms with Crippen LogP contribution in [0.1, 0.15) is 113 Å². The summed E-state index contributed by atoms with van der Waals surface area (Å²) in [5, 5.41) is 9.83. The Labute approximate surface area is 200 Å². The quantitative estimate of drug-likeness (QED) is 0.230. The van der Waals surface area contributed by atoms with Gasteiger partial charge in [0.05, 0.1) is 12.2 Å². The minimum atomic E-state index is -1.01. The average Bonchev–Trinajstić information content (AvgIpc) is 2.83. The summed E-state index contributed by atoms with van der Waals surface area (Å²) >= 11 is 0. The Morgan fingerprint density at radius 1 is 0.818 bits per heavy atom. The molecule has 0 amide bonds. The molecule has 1 heterocycles. The monoisotopic (exact) mass is 453 g/mol. The topological polar surface area (TPSA) is 59.4 Å². The highest BCUT2D eigenvalue weighted by Gasteiger charge is 2.22. The number of aromatic carboxylic acids is 1. The molecule has 0 saturated carbocycles. The molecule has 2 rings (SSSR count). The minimum absolute atomic E-state index is 0.0717. The van der Waals surface area contributed by atoms with Crippen molar-refractivity contribution in [2.45, 2.75) is 104 Å². The van der Waals surface area contributed by atoms with Crippen LogP contribution in [0.25, 0.3) is 11.1 Å². The van der Waals surface area contributed by atoms with Gasteiger partial charge in [-0.1, -0.05) is 115 Å². The Hall–Kier alpha value is -2.36. The van der Waals surface area contributed by atoms with Crippen molar-refractivity contribution in [3.8, 4) is 16.9 Å². The Morgan fingerprint density at radius 3 is 2.00 bits per heavy atom. The predicted octanol–water partition coefficient (Wildman–Crippen LogP) is 8.48. The van der Waals surface area contributed by atoms with E-state index in [4.69, 9.17) is 4.74 Å². The van der Waals surface area contributed by atoms with Gasteiger partial charge >= 0.3 is 5.97 Å². The molecule has 182 valence electrons. The molecule has 0 atom stereocenters. The maximum Gasteiger partial charge on any atom is 0.355 e. The maximum absolute atomic E-state index is 12.0. The van der Waals surface area contributed by atoms with Crippen molar-refractivity contribution in [3.63, 3.8) is 0 Å². The van der Waals surface area contributed by atoms with E-state index in [0.717, 1.165) is 36.8 Å². The second-order valence-electron chi connectivity index (χ2n) is 8.99. The molecular formula is C29H43NO3. The number of aryl methyl sites for hydroxylation is 1. The Kier molecular flexibility index (Phi) is 13.3. The largest absolute Gasteiger partial charge is 0.493 e. The summed E-state index contributed by atoms with van der Waals surface area (Å²) in [4.78, 5) is 16.4. The number of carboxylic acid groups (broad SMARTS) is 1. The number of carboxylic acids is 1. The van der Waals surface area contributed by atoms with Gasteiger partial charge in [-0.25, -0.2) is 9.78 Å². The van der Waals surface area contributed by atoms with Gasteiger partial charge in [0.15, 0.2) is 5.69 Å². The van der Waals surface area contributed by atoms with Crippen molar-refractivity contribution in [1.82, 2.24) is 4.98 Å². The third-order valence-corrected chi connectivity index (χ3v) is 6.16. The number of ether oxygens (including phenoxy) is 1. The lowest BCUT2D eigenvalue weighted by atomic mass is 9.97. The maximum atomic E-state index is 12.0. The van der Waals surface area contributed by atoms with Gasteiger partial charge in [-0.3, -0.25) is 0 Å². The molecule has 1 N–H and O–H groups in total. The molecule has 0 aliphatic heterocycles. The first kappa shape index (κ1) is 26.9.